The van der Waals surface area contributed by atoms with Crippen LogP contribution in [-0.4, -0.2) is 36.4 Å². The van der Waals surface area contributed by atoms with Gasteiger partial charge in [0.05, 0.1) is 37.4 Å². The predicted molar refractivity (Wildman–Crippen MR) is 129 cm³/mol. The minimum absolute atomic E-state index is 0.0312. The molecule has 0 aliphatic carbocycles. The molecule has 3 aromatic rings. The van der Waals surface area contributed by atoms with E-state index in [1.54, 1.807) is 54.6 Å². The Hall–Kier alpha value is -4.91. The number of benzene rings is 2. The number of hydrogen-bond donors (Lipinski definition) is 1. The summed E-state index contributed by atoms with van der Waals surface area (Å²) in [5, 5.41) is 18.2. The molecule has 0 radical (unpaired) electrons. The number of ether oxygens (including phenoxy) is 2. The second kappa shape index (κ2) is 10.1. The van der Waals surface area contributed by atoms with Crippen LogP contribution in [0.4, 0.5) is 5.69 Å². The molecule has 1 unspecified atom stereocenters. The highest BCUT2D eigenvalue weighted by molar-refractivity contribution is 6.06. The number of anilines is 1. The number of esters is 2. The molecule has 0 fully saturated rings. The van der Waals surface area contributed by atoms with Crippen molar-refractivity contribution in [3.05, 3.63) is 88.7 Å². The third-order valence-corrected chi connectivity index (χ3v) is 5.73. The molecular formula is C26H23N5O5. The monoisotopic (exact) mass is 485 g/mol. The Morgan fingerprint density at radius 2 is 1.81 bits per heavy atom. The van der Waals surface area contributed by atoms with Gasteiger partial charge in [-0.15, -0.1) is 10.2 Å². The molecule has 1 aromatic heterocycles. The molecule has 2 N–H and O–H groups in total. The van der Waals surface area contributed by atoms with Crippen LogP contribution in [0.5, 0.6) is 0 Å². The SMILES string of the molecule is CCc1nnc(-c2cccc(N3C(N)=C(C#N)C(c4ccccc4)C(C(=O)OC)=C3C(=O)OC)c2)o1. The zero-order valence-corrected chi connectivity index (χ0v) is 19.9. The minimum Gasteiger partial charge on any atom is -0.466 e. The Balaban J connectivity index is 1.99. The highest BCUT2D eigenvalue weighted by atomic mass is 16.5. The average Bonchev–Trinajstić information content (AvgIpc) is 3.41. The van der Waals surface area contributed by atoms with Crippen LogP contribution in [0.25, 0.3) is 11.5 Å². The summed E-state index contributed by atoms with van der Waals surface area (Å²) in [6.07, 6.45) is 0.568. The van der Waals surface area contributed by atoms with Gasteiger partial charge >= 0.3 is 11.9 Å². The largest absolute Gasteiger partial charge is 0.466 e. The molecular weight excluding hydrogens is 462 g/mol. The van der Waals surface area contributed by atoms with Crippen LogP contribution < -0.4 is 10.6 Å². The number of nitrogens with zero attached hydrogens (tertiary/aromatic N) is 4. The first-order valence-electron chi connectivity index (χ1n) is 11.0. The first-order valence-corrected chi connectivity index (χ1v) is 11.0. The van der Waals surface area contributed by atoms with Gasteiger partial charge in [0, 0.05) is 17.7 Å². The van der Waals surface area contributed by atoms with Gasteiger partial charge in [0.2, 0.25) is 11.8 Å². The van der Waals surface area contributed by atoms with E-state index in [0.29, 0.717) is 29.1 Å². The number of aryl methyl sites for hydroxylation is 1. The maximum Gasteiger partial charge on any atom is 0.355 e. The van der Waals surface area contributed by atoms with Gasteiger partial charge in [-0.3, -0.25) is 4.90 Å². The molecule has 1 aliphatic heterocycles. The molecule has 36 heavy (non-hydrogen) atoms. The number of carbonyl (C=O) groups is 2. The van der Waals surface area contributed by atoms with Crippen molar-refractivity contribution in [3.63, 3.8) is 0 Å². The van der Waals surface area contributed by atoms with Gasteiger partial charge in [0.15, 0.2) is 0 Å². The summed E-state index contributed by atoms with van der Waals surface area (Å²) in [5.74, 6) is -1.86. The Morgan fingerprint density at radius 3 is 2.42 bits per heavy atom. The second-order valence-electron chi connectivity index (χ2n) is 7.74. The van der Waals surface area contributed by atoms with Crippen molar-refractivity contribution in [1.82, 2.24) is 10.2 Å². The van der Waals surface area contributed by atoms with E-state index in [2.05, 4.69) is 16.3 Å². The van der Waals surface area contributed by atoms with Crippen molar-refractivity contribution < 1.29 is 23.5 Å². The van der Waals surface area contributed by atoms with Crippen molar-refractivity contribution in [3.8, 4) is 17.5 Å². The number of rotatable bonds is 6. The molecule has 0 saturated heterocycles. The molecule has 0 saturated carbocycles. The molecule has 10 nitrogen and oxygen atoms in total. The van der Waals surface area contributed by atoms with Gasteiger partial charge in [-0.05, 0) is 23.8 Å². The molecule has 2 heterocycles. The summed E-state index contributed by atoms with van der Waals surface area (Å²) >= 11 is 0. The van der Waals surface area contributed by atoms with Crippen molar-refractivity contribution in [2.45, 2.75) is 19.3 Å². The average molecular weight is 486 g/mol. The molecule has 0 bridgehead atoms. The summed E-state index contributed by atoms with van der Waals surface area (Å²) in [7, 11) is 2.40. The normalized spacial score (nSPS) is 15.5. The van der Waals surface area contributed by atoms with Crippen LogP contribution in [0.2, 0.25) is 0 Å². The third kappa shape index (κ3) is 4.18. The molecule has 182 valence electrons. The van der Waals surface area contributed by atoms with Gasteiger partial charge in [-0.1, -0.05) is 43.3 Å². The van der Waals surface area contributed by atoms with Crippen LogP contribution in [0.15, 0.2) is 81.7 Å². The fourth-order valence-electron chi connectivity index (χ4n) is 4.07. The predicted octanol–water partition coefficient (Wildman–Crippen LogP) is 3.20. The zero-order valence-electron chi connectivity index (χ0n) is 19.9. The fraction of sp³-hybridized carbons (Fsp3) is 0.192. The molecule has 2 aromatic carbocycles. The fourth-order valence-corrected chi connectivity index (χ4v) is 4.07. The summed E-state index contributed by atoms with van der Waals surface area (Å²) in [5.41, 5.74) is 7.90. The Labute approximate surface area is 207 Å². The number of methoxy groups -OCH3 is 2. The van der Waals surface area contributed by atoms with E-state index < -0.39 is 17.9 Å². The van der Waals surface area contributed by atoms with Crippen LogP contribution in [0.3, 0.4) is 0 Å². The van der Waals surface area contributed by atoms with Crippen LogP contribution >= 0.6 is 0 Å². The van der Waals surface area contributed by atoms with Gasteiger partial charge in [-0.25, -0.2) is 9.59 Å². The van der Waals surface area contributed by atoms with Gasteiger partial charge < -0.3 is 19.6 Å². The van der Waals surface area contributed by atoms with Crippen molar-refractivity contribution in [1.29, 1.82) is 5.26 Å². The number of hydrogen-bond acceptors (Lipinski definition) is 10. The minimum atomic E-state index is -0.944. The quantitative estimate of drug-likeness (QED) is 0.517. The number of nitrogens with two attached hydrogens (primary N) is 1. The maximum absolute atomic E-state index is 13.2. The van der Waals surface area contributed by atoms with Crippen LogP contribution in [0, 0.1) is 11.3 Å². The summed E-state index contributed by atoms with van der Waals surface area (Å²) in [6, 6.07) is 17.7. The van der Waals surface area contributed by atoms with E-state index in [1.807, 2.05) is 6.92 Å². The number of aromatic nitrogens is 2. The lowest BCUT2D eigenvalue weighted by atomic mass is 9.81. The lowest BCUT2D eigenvalue weighted by Crippen LogP contribution is -2.40. The van der Waals surface area contributed by atoms with E-state index in [-0.39, 0.29) is 28.6 Å². The standard InChI is InChI=1S/C26H23N5O5/c1-4-19-29-30-24(36-19)16-11-8-12-17(13-16)31-22(26(33)35-3)21(25(32)34-2)20(18(14-27)23(31)28)15-9-6-5-7-10-15/h5-13,20H,4,28H2,1-3H3. The molecule has 10 heteroatoms. The second-order valence-corrected chi connectivity index (χ2v) is 7.74. The van der Waals surface area contributed by atoms with Crippen molar-refractivity contribution in [2.24, 2.45) is 5.73 Å². The molecule has 1 aliphatic rings. The Kier molecular flexibility index (Phi) is 6.83. The first-order chi connectivity index (χ1) is 17.4. The van der Waals surface area contributed by atoms with Crippen molar-refractivity contribution in [2.75, 3.05) is 19.1 Å². The summed E-state index contributed by atoms with van der Waals surface area (Å²) in [6.45, 7) is 1.89. The lowest BCUT2D eigenvalue weighted by Gasteiger charge is -2.36. The highest BCUT2D eigenvalue weighted by Crippen LogP contribution is 2.43. The zero-order chi connectivity index (χ0) is 25.8. The first kappa shape index (κ1) is 24.2. The Morgan fingerprint density at radius 1 is 1.08 bits per heavy atom. The highest BCUT2D eigenvalue weighted by Gasteiger charge is 2.43. The van der Waals surface area contributed by atoms with E-state index in [0.717, 1.165) is 0 Å². The third-order valence-electron chi connectivity index (χ3n) is 5.73. The van der Waals surface area contributed by atoms with Gasteiger partial charge in [0.1, 0.15) is 11.5 Å². The number of nitriles is 1. The maximum atomic E-state index is 13.2. The van der Waals surface area contributed by atoms with E-state index in [1.165, 1.54) is 19.1 Å². The van der Waals surface area contributed by atoms with E-state index in [9.17, 15) is 14.9 Å². The molecule has 1 atom stereocenters. The van der Waals surface area contributed by atoms with Crippen LogP contribution in [-0.2, 0) is 25.5 Å². The smallest absolute Gasteiger partial charge is 0.355 e. The molecule has 4 rings (SSSR count). The Bertz CT molecular complexity index is 1420. The molecule has 0 amide bonds. The summed E-state index contributed by atoms with van der Waals surface area (Å²) < 4.78 is 15.8. The molecule has 0 spiro atoms. The number of carbonyl (C=O) groups excluding carboxylic acids is 2. The van der Waals surface area contributed by atoms with Gasteiger partial charge in [0.25, 0.3) is 0 Å². The van der Waals surface area contributed by atoms with E-state index in [4.69, 9.17) is 19.6 Å². The number of allylic oxidation sites excluding steroid dienone is 1. The van der Waals surface area contributed by atoms with Crippen molar-refractivity contribution >= 4 is 17.6 Å². The topological polar surface area (TPSA) is 145 Å². The lowest BCUT2D eigenvalue weighted by molar-refractivity contribution is -0.139. The van der Waals surface area contributed by atoms with Crippen LogP contribution in [0.1, 0.15) is 24.3 Å². The van der Waals surface area contributed by atoms with Gasteiger partial charge in [-0.2, -0.15) is 5.26 Å². The summed E-state index contributed by atoms with van der Waals surface area (Å²) in [4.78, 5) is 27.6. The van der Waals surface area contributed by atoms with E-state index >= 15 is 0 Å².